The van der Waals surface area contributed by atoms with Crippen molar-refractivity contribution in [3.63, 3.8) is 0 Å². The van der Waals surface area contributed by atoms with Crippen molar-refractivity contribution in [2.75, 3.05) is 19.0 Å². The van der Waals surface area contributed by atoms with Crippen molar-refractivity contribution in [2.45, 2.75) is 52.4 Å². The van der Waals surface area contributed by atoms with E-state index in [-0.39, 0.29) is 5.97 Å². The molecule has 1 heterocycles. The molecule has 124 valence electrons. The first-order valence-electron chi connectivity index (χ1n) is 7.82. The number of thiocarbonyl (C=S) groups is 1. The van der Waals surface area contributed by atoms with Crippen LogP contribution in [-0.2, 0) is 4.74 Å². The van der Waals surface area contributed by atoms with Crippen LogP contribution in [0, 0.1) is 6.92 Å². The molecule has 0 unspecified atom stereocenters. The fourth-order valence-electron chi connectivity index (χ4n) is 2.12. The van der Waals surface area contributed by atoms with Gasteiger partial charge >= 0.3 is 5.97 Å². The molecule has 6 heteroatoms. The van der Waals surface area contributed by atoms with E-state index in [1.54, 1.807) is 0 Å². The van der Waals surface area contributed by atoms with Crippen LogP contribution in [0.15, 0.2) is 6.07 Å². The maximum atomic E-state index is 11.7. The molecule has 0 aliphatic rings. The summed E-state index contributed by atoms with van der Waals surface area (Å²) in [5.74, 6) is -0.342. The van der Waals surface area contributed by atoms with Gasteiger partial charge in [-0.3, -0.25) is 0 Å². The van der Waals surface area contributed by atoms with Gasteiger partial charge in [-0.05, 0) is 31.6 Å². The Balaban J connectivity index is 2.32. The van der Waals surface area contributed by atoms with Crippen LogP contribution in [0.4, 0.5) is 5.00 Å². The largest absolute Gasteiger partial charge is 0.465 e. The lowest BCUT2D eigenvalue weighted by molar-refractivity contribution is 0.0602. The number of hydrogen-bond acceptors (Lipinski definition) is 4. The molecule has 0 atom stereocenters. The molecule has 22 heavy (non-hydrogen) atoms. The summed E-state index contributed by atoms with van der Waals surface area (Å²) in [5, 5.41) is 7.58. The summed E-state index contributed by atoms with van der Waals surface area (Å²) >= 11 is 6.78. The van der Waals surface area contributed by atoms with Crippen LogP contribution >= 0.6 is 23.6 Å². The van der Waals surface area contributed by atoms with Crippen molar-refractivity contribution in [3.8, 4) is 0 Å². The van der Waals surface area contributed by atoms with Crippen molar-refractivity contribution in [1.82, 2.24) is 5.32 Å². The number of ether oxygens (including phenoxy) is 1. The van der Waals surface area contributed by atoms with Crippen molar-refractivity contribution >= 4 is 39.6 Å². The summed E-state index contributed by atoms with van der Waals surface area (Å²) in [7, 11) is 1.38. The molecule has 4 nitrogen and oxygen atoms in total. The summed E-state index contributed by atoms with van der Waals surface area (Å²) < 4.78 is 4.78. The second-order valence-electron chi connectivity index (χ2n) is 5.24. The molecule has 0 aliphatic heterocycles. The van der Waals surface area contributed by atoms with Crippen LogP contribution in [0.1, 0.15) is 60.7 Å². The predicted octanol–water partition coefficient (Wildman–Crippen LogP) is 4.49. The third-order valence-electron chi connectivity index (χ3n) is 3.30. The number of unbranched alkanes of at least 4 members (excludes halogenated alkanes) is 5. The van der Waals surface area contributed by atoms with E-state index in [2.05, 4.69) is 17.6 Å². The number of anilines is 1. The Labute approximate surface area is 142 Å². The average molecular weight is 343 g/mol. The summed E-state index contributed by atoms with van der Waals surface area (Å²) in [5.41, 5.74) is 0.536. The highest BCUT2D eigenvalue weighted by Gasteiger charge is 2.15. The number of rotatable bonds is 9. The fraction of sp³-hybridized carbons (Fsp3) is 0.625. The molecular weight excluding hydrogens is 316 g/mol. The van der Waals surface area contributed by atoms with Gasteiger partial charge in [-0.2, -0.15) is 0 Å². The maximum Gasteiger partial charge on any atom is 0.340 e. The maximum absolute atomic E-state index is 11.7. The van der Waals surface area contributed by atoms with E-state index in [9.17, 15) is 4.79 Å². The van der Waals surface area contributed by atoms with Gasteiger partial charge in [0.05, 0.1) is 12.7 Å². The highest BCUT2D eigenvalue weighted by Crippen LogP contribution is 2.28. The highest BCUT2D eigenvalue weighted by atomic mass is 32.1. The lowest BCUT2D eigenvalue weighted by Gasteiger charge is -2.10. The molecular formula is C16H26N2O2S2. The summed E-state index contributed by atoms with van der Waals surface area (Å²) in [4.78, 5) is 12.7. The molecule has 0 fully saturated rings. The SMILES string of the molecule is CCCCCCCCNC(=S)Nc1sc(C)cc1C(=O)OC. The number of esters is 1. The van der Waals surface area contributed by atoms with E-state index in [0.29, 0.717) is 10.7 Å². The minimum atomic E-state index is -0.342. The van der Waals surface area contributed by atoms with Gasteiger partial charge < -0.3 is 15.4 Å². The summed E-state index contributed by atoms with van der Waals surface area (Å²) in [6.07, 6.45) is 7.53. The second-order valence-corrected chi connectivity index (χ2v) is 6.90. The van der Waals surface area contributed by atoms with Gasteiger partial charge in [-0.15, -0.1) is 11.3 Å². The molecule has 1 aromatic heterocycles. The fourth-order valence-corrected chi connectivity index (χ4v) is 3.30. The Morgan fingerprint density at radius 3 is 2.64 bits per heavy atom. The third-order valence-corrected chi connectivity index (χ3v) is 4.52. The number of carbonyl (C=O) groups is 1. The van der Waals surface area contributed by atoms with Crippen molar-refractivity contribution < 1.29 is 9.53 Å². The molecule has 1 rings (SSSR count). The van der Waals surface area contributed by atoms with E-state index in [1.165, 1.54) is 50.6 Å². The number of thiophene rings is 1. The van der Waals surface area contributed by atoms with Crippen LogP contribution in [0.2, 0.25) is 0 Å². The Morgan fingerprint density at radius 2 is 1.95 bits per heavy atom. The third kappa shape index (κ3) is 6.75. The zero-order valence-electron chi connectivity index (χ0n) is 13.7. The predicted molar refractivity (Wildman–Crippen MR) is 98.0 cm³/mol. The van der Waals surface area contributed by atoms with E-state index in [1.807, 2.05) is 13.0 Å². The minimum absolute atomic E-state index is 0.342. The molecule has 0 saturated carbocycles. The van der Waals surface area contributed by atoms with E-state index in [0.717, 1.165) is 22.8 Å². The first-order chi connectivity index (χ1) is 10.6. The molecule has 1 aromatic rings. The number of methoxy groups -OCH3 is 1. The number of aryl methyl sites for hydroxylation is 1. The average Bonchev–Trinajstić information content (AvgIpc) is 2.86. The van der Waals surface area contributed by atoms with Gasteiger partial charge in [0.25, 0.3) is 0 Å². The zero-order valence-corrected chi connectivity index (χ0v) is 15.3. The number of hydrogen-bond donors (Lipinski definition) is 2. The quantitative estimate of drug-likeness (QED) is 0.393. The minimum Gasteiger partial charge on any atom is -0.465 e. The molecule has 0 bridgehead atoms. The van der Waals surface area contributed by atoms with Gasteiger partial charge in [-0.25, -0.2) is 4.79 Å². The lowest BCUT2D eigenvalue weighted by Crippen LogP contribution is -2.29. The van der Waals surface area contributed by atoms with Crippen molar-refractivity contribution in [3.05, 3.63) is 16.5 Å². The Kier molecular flexibility index (Phi) is 9.08. The normalized spacial score (nSPS) is 10.3. The van der Waals surface area contributed by atoms with Gasteiger partial charge in [-0.1, -0.05) is 39.0 Å². The van der Waals surface area contributed by atoms with E-state index in [4.69, 9.17) is 17.0 Å². The molecule has 0 aliphatic carbocycles. The monoisotopic (exact) mass is 342 g/mol. The van der Waals surface area contributed by atoms with E-state index >= 15 is 0 Å². The summed E-state index contributed by atoms with van der Waals surface area (Å²) in [6.45, 7) is 5.03. The highest BCUT2D eigenvalue weighted by molar-refractivity contribution is 7.80. The summed E-state index contributed by atoms with van der Waals surface area (Å²) in [6, 6.07) is 1.81. The number of carbonyl (C=O) groups excluding carboxylic acids is 1. The van der Waals surface area contributed by atoms with Gasteiger partial charge in [0, 0.05) is 11.4 Å². The van der Waals surface area contributed by atoms with Gasteiger partial charge in [0.1, 0.15) is 5.00 Å². The van der Waals surface area contributed by atoms with Crippen LogP contribution in [0.3, 0.4) is 0 Å². The van der Waals surface area contributed by atoms with Gasteiger partial charge in [0.2, 0.25) is 0 Å². The van der Waals surface area contributed by atoms with Crippen LogP contribution < -0.4 is 10.6 Å². The topological polar surface area (TPSA) is 50.4 Å². The Bertz CT molecular complexity index is 486. The smallest absolute Gasteiger partial charge is 0.340 e. The standard InChI is InChI=1S/C16H26N2O2S2/c1-4-5-6-7-8-9-10-17-16(21)18-14-13(15(19)20-3)11-12(2)22-14/h11H,4-10H2,1-3H3,(H2,17,18,21). The van der Waals surface area contributed by atoms with Crippen molar-refractivity contribution in [1.29, 1.82) is 0 Å². The Morgan fingerprint density at radius 1 is 1.27 bits per heavy atom. The van der Waals surface area contributed by atoms with E-state index < -0.39 is 0 Å². The van der Waals surface area contributed by atoms with Crippen LogP contribution in [-0.4, -0.2) is 24.7 Å². The molecule has 0 radical (unpaired) electrons. The Hall–Kier alpha value is -1.14. The number of nitrogens with one attached hydrogen (secondary N) is 2. The molecule has 0 saturated heterocycles. The van der Waals surface area contributed by atoms with Crippen molar-refractivity contribution in [2.24, 2.45) is 0 Å². The molecule has 0 aromatic carbocycles. The second kappa shape index (κ2) is 10.6. The molecule has 0 amide bonds. The molecule has 2 N–H and O–H groups in total. The zero-order chi connectivity index (χ0) is 16.4. The molecule has 0 spiro atoms. The lowest BCUT2D eigenvalue weighted by atomic mass is 10.1. The first-order valence-corrected chi connectivity index (χ1v) is 9.04. The first kappa shape index (κ1) is 18.9. The van der Waals surface area contributed by atoms with Gasteiger partial charge in [0.15, 0.2) is 5.11 Å². The van der Waals surface area contributed by atoms with Crippen LogP contribution in [0.25, 0.3) is 0 Å². The van der Waals surface area contributed by atoms with Crippen LogP contribution in [0.5, 0.6) is 0 Å².